The largest absolute Gasteiger partial charge is 0.394 e. The molecule has 2 aromatic heterocycles. The fourth-order valence-corrected chi connectivity index (χ4v) is 3.79. The molecule has 0 bridgehead atoms. The van der Waals surface area contributed by atoms with Crippen molar-refractivity contribution in [3.05, 3.63) is 16.8 Å². The van der Waals surface area contributed by atoms with Gasteiger partial charge in [-0.3, -0.25) is 9.13 Å². The van der Waals surface area contributed by atoms with Gasteiger partial charge in [-0.2, -0.15) is 0 Å². The minimum absolute atomic E-state index is 0.00385. The maximum atomic E-state index is 12.1. The molecule has 0 aliphatic rings. The molecule has 5 atom stereocenters. The molecule has 0 fully saturated rings. The van der Waals surface area contributed by atoms with Crippen LogP contribution in [0.1, 0.15) is 39.8 Å². The van der Waals surface area contributed by atoms with Crippen LogP contribution in [0.3, 0.4) is 0 Å². The average Bonchev–Trinajstić information content (AvgIpc) is 3.10. The Balaban J connectivity index is 2.35. The van der Waals surface area contributed by atoms with Crippen molar-refractivity contribution in [3.8, 4) is 0 Å². The van der Waals surface area contributed by atoms with E-state index in [9.17, 15) is 24.8 Å². The highest BCUT2D eigenvalue weighted by Crippen LogP contribution is 2.51. The number of nitrogens with two attached hydrogens (primary N) is 1. The van der Waals surface area contributed by atoms with Crippen molar-refractivity contribution < 1.29 is 34.0 Å². The summed E-state index contributed by atoms with van der Waals surface area (Å²) in [5.74, 6) is -1.80. The summed E-state index contributed by atoms with van der Waals surface area (Å²) in [5.41, 5.74) is 13.7. The zero-order valence-corrected chi connectivity index (χ0v) is 18.7. The van der Waals surface area contributed by atoms with Gasteiger partial charge in [-0.25, -0.2) is 15.0 Å². The Hall–Kier alpha value is -2.35. The molecule has 6 N–H and O–H groups in total. The normalized spacial score (nSPS) is 18.3. The molecule has 178 valence electrons. The maximum absolute atomic E-state index is 12.1. The van der Waals surface area contributed by atoms with E-state index in [-0.39, 0.29) is 36.0 Å². The number of aliphatic hydroxyl groups is 3. The lowest BCUT2D eigenvalue weighted by Crippen LogP contribution is -2.33. The Kier molecular flexibility index (Phi) is 8.51. The summed E-state index contributed by atoms with van der Waals surface area (Å²) in [5, 5.41) is 32.9. The van der Waals surface area contributed by atoms with Crippen LogP contribution in [-0.4, -0.2) is 70.5 Å². The molecule has 32 heavy (non-hydrogen) atoms. The summed E-state index contributed by atoms with van der Waals surface area (Å²) in [6, 6.07) is 0. The first-order chi connectivity index (χ1) is 15.0. The molecule has 0 saturated carbocycles. The predicted molar refractivity (Wildman–Crippen MR) is 113 cm³/mol. The molecular weight excluding hydrogens is 447 g/mol. The molecule has 0 saturated heterocycles. The van der Waals surface area contributed by atoms with Crippen molar-refractivity contribution in [3.63, 3.8) is 0 Å². The van der Waals surface area contributed by atoms with Crippen LogP contribution >= 0.6 is 7.60 Å². The highest BCUT2D eigenvalue weighted by Gasteiger charge is 2.37. The van der Waals surface area contributed by atoms with Crippen molar-refractivity contribution in [1.29, 1.82) is 0 Å². The SMILES string of the molecule is CCC(C)(CCO[C@H]([C@H](O)CO)n1c(N=[N+]=[N-])nc2c(N)ncnc21)OP(=O)(O)C(C)O. The van der Waals surface area contributed by atoms with Crippen LogP contribution in [0.25, 0.3) is 21.6 Å². The lowest BCUT2D eigenvalue weighted by Gasteiger charge is -2.32. The molecule has 2 rings (SSSR count). The van der Waals surface area contributed by atoms with Gasteiger partial charge in [-0.1, -0.05) is 6.92 Å². The fourth-order valence-electron chi connectivity index (χ4n) is 2.78. The molecule has 0 aliphatic carbocycles. The van der Waals surface area contributed by atoms with E-state index >= 15 is 0 Å². The van der Waals surface area contributed by atoms with Crippen LogP contribution in [-0.2, 0) is 13.8 Å². The highest BCUT2D eigenvalue weighted by molar-refractivity contribution is 7.53. The number of aliphatic hydroxyl groups excluding tert-OH is 3. The Labute approximate surface area is 183 Å². The number of hydrogen-bond acceptors (Lipinski definition) is 11. The van der Waals surface area contributed by atoms with E-state index in [4.69, 9.17) is 20.5 Å². The van der Waals surface area contributed by atoms with Gasteiger partial charge in [0.25, 0.3) is 0 Å². The monoisotopic (exact) mass is 474 g/mol. The first-order valence-electron chi connectivity index (χ1n) is 9.65. The summed E-state index contributed by atoms with van der Waals surface area (Å²) in [4.78, 5) is 24.5. The van der Waals surface area contributed by atoms with E-state index in [1.165, 1.54) is 4.57 Å². The summed E-state index contributed by atoms with van der Waals surface area (Å²) in [6.07, 6.45) is -1.25. The second-order valence-electron chi connectivity index (χ2n) is 7.25. The van der Waals surface area contributed by atoms with Crippen molar-refractivity contribution in [2.24, 2.45) is 5.11 Å². The lowest BCUT2D eigenvalue weighted by molar-refractivity contribution is -0.106. The standard InChI is InChI=1S/C16H27N8O7P/c1-4-16(3,31-32(28,29)9(2)26)5-6-30-14(10(27)7-25)24-13-11(12(17)19-8-20-13)21-15(24)22-23-18/h8-10,14,25-27H,4-7H2,1-3H3,(H,28,29)(H2,17,19,20)/t9?,10-,14-,16?/m1/s1. The van der Waals surface area contributed by atoms with Crippen molar-refractivity contribution in [2.75, 3.05) is 18.9 Å². The quantitative estimate of drug-likeness (QED) is 0.127. The maximum Gasteiger partial charge on any atom is 0.356 e. The van der Waals surface area contributed by atoms with Gasteiger partial charge in [0.1, 0.15) is 12.4 Å². The molecule has 3 unspecified atom stereocenters. The van der Waals surface area contributed by atoms with Gasteiger partial charge in [-0.05, 0) is 30.9 Å². The Bertz CT molecular complexity index is 1030. The number of rotatable bonds is 12. The summed E-state index contributed by atoms with van der Waals surface area (Å²) >= 11 is 0. The second-order valence-corrected chi connectivity index (χ2v) is 9.31. The molecule has 16 heteroatoms. The molecule has 0 aliphatic heterocycles. The molecule has 0 radical (unpaired) electrons. The molecule has 0 amide bonds. The number of nitrogens with zero attached hydrogens (tertiary/aromatic N) is 7. The van der Waals surface area contributed by atoms with E-state index in [0.717, 1.165) is 13.3 Å². The van der Waals surface area contributed by atoms with E-state index in [1.807, 2.05) is 0 Å². The zero-order valence-electron chi connectivity index (χ0n) is 17.8. The molecule has 15 nitrogen and oxygen atoms in total. The van der Waals surface area contributed by atoms with E-state index in [0.29, 0.717) is 6.42 Å². The van der Waals surface area contributed by atoms with Crippen LogP contribution in [0, 0.1) is 0 Å². The number of fused-ring (bicyclic) bond motifs is 1. The van der Waals surface area contributed by atoms with Crippen LogP contribution in [0.2, 0.25) is 0 Å². The third-order valence-electron chi connectivity index (χ3n) is 4.88. The minimum atomic E-state index is -4.28. The topological polar surface area (TPSA) is 235 Å². The van der Waals surface area contributed by atoms with Crippen molar-refractivity contribution in [1.82, 2.24) is 19.5 Å². The third kappa shape index (κ3) is 5.71. The Morgan fingerprint density at radius 3 is 2.69 bits per heavy atom. The zero-order chi connectivity index (χ0) is 24.1. The number of aromatic nitrogens is 4. The number of hydrogen-bond donors (Lipinski definition) is 5. The highest BCUT2D eigenvalue weighted by atomic mass is 31.2. The van der Waals surface area contributed by atoms with Gasteiger partial charge in [0, 0.05) is 11.3 Å². The van der Waals surface area contributed by atoms with Crippen LogP contribution in [0.4, 0.5) is 11.8 Å². The van der Waals surface area contributed by atoms with Crippen LogP contribution < -0.4 is 5.73 Å². The predicted octanol–water partition coefficient (Wildman–Crippen LogP) is 1.32. The second kappa shape index (κ2) is 10.5. The van der Waals surface area contributed by atoms with Gasteiger partial charge >= 0.3 is 7.60 Å². The van der Waals surface area contributed by atoms with Gasteiger partial charge in [-0.15, -0.1) is 0 Å². The Morgan fingerprint density at radius 2 is 2.12 bits per heavy atom. The lowest BCUT2D eigenvalue weighted by atomic mass is 10.0. The third-order valence-corrected chi connectivity index (χ3v) is 6.53. The first-order valence-corrected chi connectivity index (χ1v) is 11.3. The molecular formula is C16H27N8O7P. The van der Waals surface area contributed by atoms with Gasteiger partial charge in [0.2, 0.25) is 5.95 Å². The molecule has 0 aromatic carbocycles. The number of imidazole rings is 1. The first kappa shape index (κ1) is 25.9. The van der Waals surface area contributed by atoms with Gasteiger partial charge in [0.05, 0.1) is 18.8 Å². The van der Waals surface area contributed by atoms with Crippen LogP contribution in [0.5, 0.6) is 0 Å². The van der Waals surface area contributed by atoms with E-state index < -0.39 is 38.0 Å². The average molecular weight is 474 g/mol. The summed E-state index contributed by atoms with van der Waals surface area (Å²) in [7, 11) is -4.28. The fraction of sp³-hybridized carbons (Fsp3) is 0.688. The van der Waals surface area contributed by atoms with Crippen molar-refractivity contribution in [2.45, 2.75) is 57.4 Å². The summed E-state index contributed by atoms with van der Waals surface area (Å²) < 4.78 is 24.3. The summed E-state index contributed by atoms with van der Waals surface area (Å²) in [6.45, 7) is 3.61. The van der Waals surface area contributed by atoms with Crippen molar-refractivity contribution >= 4 is 30.5 Å². The number of azide groups is 1. The van der Waals surface area contributed by atoms with Crippen LogP contribution in [0.15, 0.2) is 11.4 Å². The number of ether oxygens (including phenoxy) is 1. The number of nitrogen functional groups attached to an aromatic ring is 1. The molecule has 2 heterocycles. The minimum Gasteiger partial charge on any atom is -0.394 e. The molecule has 2 aromatic rings. The van der Waals surface area contributed by atoms with E-state index in [2.05, 4.69) is 25.0 Å². The Morgan fingerprint density at radius 1 is 1.44 bits per heavy atom. The van der Waals surface area contributed by atoms with Gasteiger partial charge in [0.15, 0.2) is 29.1 Å². The molecule has 0 spiro atoms. The van der Waals surface area contributed by atoms with E-state index in [1.54, 1.807) is 13.8 Å². The number of anilines is 1. The smallest absolute Gasteiger partial charge is 0.356 e. The van der Waals surface area contributed by atoms with Gasteiger partial charge < -0.3 is 35.2 Å².